The molecule has 58 valence electrons. The van der Waals surface area contributed by atoms with Crippen LogP contribution in [0.4, 0.5) is 0 Å². The molecule has 0 atom stereocenters. The van der Waals surface area contributed by atoms with Crippen LogP contribution in [0.3, 0.4) is 0 Å². The summed E-state index contributed by atoms with van der Waals surface area (Å²) >= 11 is 0. The largest absolute Gasteiger partial charge is 0.330 e. The Hall–Kier alpha value is -0.300. The first-order chi connectivity index (χ1) is 4.71. The standard InChI is InChI=1S/C9H17N/c1-8(2)9(6-7-10)4-3-5-9/h1,3-7,10H2,2H3. The molecule has 0 radical (unpaired) electrons. The van der Waals surface area contributed by atoms with Crippen LogP contribution in [0.15, 0.2) is 12.2 Å². The third-order valence-electron chi connectivity index (χ3n) is 2.84. The lowest BCUT2D eigenvalue weighted by atomic mass is 9.63. The van der Waals surface area contributed by atoms with Gasteiger partial charge in [0.1, 0.15) is 0 Å². The average molecular weight is 139 g/mol. The Bertz CT molecular complexity index is 134. The highest BCUT2D eigenvalue weighted by atomic mass is 14.6. The third kappa shape index (κ3) is 1.10. The summed E-state index contributed by atoms with van der Waals surface area (Å²) < 4.78 is 0. The van der Waals surface area contributed by atoms with Gasteiger partial charge in [0, 0.05) is 0 Å². The van der Waals surface area contributed by atoms with Gasteiger partial charge in [0.05, 0.1) is 0 Å². The Balaban J connectivity index is 2.50. The first-order valence-electron chi connectivity index (χ1n) is 4.07. The molecule has 1 aliphatic carbocycles. The molecule has 0 aliphatic heterocycles. The maximum atomic E-state index is 5.52. The molecule has 1 saturated carbocycles. The lowest BCUT2D eigenvalue weighted by molar-refractivity contribution is 0.174. The maximum Gasteiger partial charge on any atom is -0.00689 e. The Morgan fingerprint density at radius 3 is 2.30 bits per heavy atom. The summed E-state index contributed by atoms with van der Waals surface area (Å²) in [5.74, 6) is 0. The van der Waals surface area contributed by atoms with Crippen molar-refractivity contribution in [1.82, 2.24) is 0 Å². The fourth-order valence-electron chi connectivity index (χ4n) is 1.77. The topological polar surface area (TPSA) is 26.0 Å². The zero-order valence-electron chi connectivity index (χ0n) is 6.82. The molecule has 0 spiro atoms. The number of hydrogen-bond donors (Lipinski definition) is 1. The van der Waals surface area contributed by atoms with Gasteiger partial charge in [-0.1, -0.05) is 18.6 Å². The summed E-state index contributed by atoms with van der Waals surface area (Å²) in [5, 5.41) is 0. The number of allylic oxidation sites excluding steroid dienone is 1. The fourth-order valence-corrected chi connectivity index (χ4v) is 1.77. The maximum absolute atomic E-state index is 5.52. The second-order valence-electron chi connectivity index (χ2n) is 3.45. The van der Waals surface area contributed by atoms with Crippen molar-refractivity contribution < 1.29 is 0 Å². The lowest BCUT2D eigenvalue weighted by Crippen LogP contribution is -2.32. The summed E-state index contributed by atoms with van der Waals surface area (Å²) in [4.78, 5) is 0. The predicted molar refractivity (Wildman–Crippen MR) is 44.8 cm³/mol. The molecule has 0 aromatic carbocycles. The van der Waals surface area contributed by atoms with E-state index in [4.69, 9.17) is 5.73 Å². The SMILES string of the molecule is C=C(C)C1(CCN)CCC1. The van der Waals surface area contributed by atoms with Gasteiger partial charge >= 0.3 is 0 Å². The van der Waals surface area contributed by atoms with Crippen molar-refractivity contribution in [2.24, 2.45) is 11.1 Å². The van der Waals surface area contributed by atoms with Crippen LogP contribution in [-0.2, 0) is 0 Å². The van der Waals surface area contributed by atoms with Gasteiger partial charge in [-0.15, -0.1) is 0 Å². The van der Waals surface area contributed by atoms with Crippen molar-refractivity contribution in [3.05, 3.63) is 12.2 Å². The van der Waals surface area contributed by atoms with E-state index < -0.39 is 0 Å². The van der Waals surface area contributed by atoms with E-state index in [9.17, 15) is 0 Å². The van der Waals surface area contributed by atoms with Crippen LogP contribution in [0, 0.1) is 5.41 Å². The Morgan fingerprint density at radius 1 is 1.60 bits per heavy atom. The van der Waals surface area contributed by atoms with Gasteiger partial charge < -0.3 is 5.73 Å². The molecule has 0 unspecified atom stereocenters. The van der Waals surface area contributed by atoms with Crippen LogP contribution in [0.2, 0.25) is 0 Å². The van der Waals surface area contributed by atoms with Gasteiger partial charge in [-0.25, -0.2) is 0 Å². The van der Waals surface area contributed by atoms with E-state index in [1.807, 2.05) is 0 Å². The van der Waals surface area contributed by atoms with Crippen LogP contribution >= 0.6 is 0 Å². The molecular formula is C9H17N. The summed E-state index contributed by atoms with van der Waals surface area (Å²) in [6.45, 7) is 6.96. The highest BCUT2D eigenvalue weighted by Crippen LogP contribution is 2.48. The van der Waals surface area contributed by atoms with Crippen LogP contribution < -0.4 is 5.73 Å². The van der Waals surface area contributed by atoms with E-state index in [-0.39, 0.29) is 0 Å². The Labute approximate surface area is 63.3 Å². The summed E-state index contributed by atoms with van der Waals surface area (Å²) in [7, 11) is 0. The van der Waals surface area contributed by atoms with E-state index in [0.29, 0.717) is 5.41 Å². The molecule has 1 aliphatic rings. The quantitative estimate of drug-likeness (QED) is 0.595. The average Bonchev–Trinajstić information content (AvgIpc) is 1.77. The van der Waals surface area contributed by atoms with Crippen LogP contribution in [-0.4, -0.2) is 6.54 Å². The van der Waals surface area contributed by atoms with Crippen molar-refractivity contribution in [3.63, 3.8) is 0 Å². The molecule has 1 heteroatoms. The van der Waals surface area contributed by atoms with Crippen molar-refractivity contribution in [3.8, 4) is 0 Å². The summed E-state index contributed by atoms with van der Waals surface area (Å²) in [5.41, 5.74) is 7.31. The second-order valence-corrected chi connectivity index (χ2v) is 3.45. The number of hydrogen-bond acceptors (Lipinski definition) is 1. The minimum atomic E-state index is 0.453. The first-order valence-corrected chi connectivity index (χ1v) is 4.07. The normalized spacial score (nSPS) is 21.8. The molecule has 0 bridgehead atoms. The van der Waals surface area contributed by atoms with Crippen LogP contribution in [0.1, 0.15) is 32.6 Å². The van der Waals surface area contributed by atoms with Gasteiger partial charge in [-0.3, -0.25) is 0 Å². The zero-order valence-corrected chi connectivity index (χ0v) is 6.82. The van der Waals surface area contributed by atoms with E-state index in [1.165, 1.54) is 24.8 Å². The minimum absolute atomic E-state index is 0.453. The Morgan fingerprint density at radius 2 is 2.20 bits per heavy atom. The minimum Gasteiger partial charge on any atom is -0.330 e. The van der Waals surface area contributed by atoms with E-state index in [1.54, 1.807) is 0 Å². The fraction of sp³-hybridized carbons (Fsp3) is 0.778. The third-order valence-corrected chi connectivity index (χ3v) is 2.84. The van der Waals surface area contributed by atoms with E-state index in [2.05, 4.69) is 13.5 Å². The predicted octanol–water partition coefficient (Wildman–Crippen LogP) is 2.08. The molecule has 0 heterocycles. The van der Waals surface area contributed by atoms with E-state index in [0.717, 1.165) is 13.0 Å². The van der Waals surface area contributed by atoms with Crippen molar-refractivity contribution in [2.75, 3.05) is 6.54 Å². The molecule has 0 aromatic rings. The molecule has 0 saturated heterocycles. The van der Waals surface area contributed by atoms with Crippen LogP contribution in [0.25, 0.3) is 0 Å². The molecular weight excluding hydrogens is 122 g/mol. The summed E-state index contributed by atoms with van der Waals surface area (Å²) in [6, 6.07) is 0. The first kappa shape index (κ1) is 7.80. The van der Waals surface area contributed by atoms with Gasteiger partial charge in [0.25, 0.3) is 0 Å². The van der Waals surface area contributed by atoms with Crippen molar-refractivity contribution in [1.29, 1.82) is 0 Å². The molecule has 1 rings (SSSR count). The molecule has 1 nitrogen and oxygen atoms in total. The molecule has 0 aromatic heterocycles. The lowest BCUT2D eigenvalue weighted by Gasteiger charge is -2.42. The van der Waals surface area contributed by atoms with E-state index >= 15 is 0 Å². The zero-order chi connectivity index (χ0) is 7.61. The molecule has 0 amide bonds. The van der Waals surface area contributed by atoms with Gasteiger partial charge in [0.2, 0.25) is 0 Å². The highest BCUT2D eigenvalue weighted by Gasteiger charge is 2.36. The number of nitrogens with two attached hydrogens (primary N) is 1. The van der Waals surface area contributed by atoms with Gasteiger partial charge in [-0.2, -0.15) is 0 Å². The Kier molecular flexibility index (Phi) is 2.14. The molecule has 10 heavy (non-hydrogen) atoms. The van der Waals surface area contributed by atoms with Crippen molar-refractivity contribution in [2.45, 2.75) is 32.6 Å². The monoisotopic (exact) mass is 139 g/mol. The summed E-state index contributed by atoms with van der Waals surface area (Å²) in [6.07, 6.45) is 5.15. The molecule has 2 N–H and O–H groups in total. The van der Waals surface area contributed by atoms with Crippen LogP contribution in [0.5, 0.6) is 0 Å². The van der Waals surface area contributed by atoms with Gasteiger partial charge in [0.15, 0.2) is 0 Å². The van der Waals surface area contributed by atoms with Crippen molar-refractivity contribution >= 4 is 0 Å². The molecule has 1 fully saturated rings. The smallest absolute Gasteiger partial charge is 0.00689 e. The second kappa shape index (κ2) is 2.75. The highest BCUT2D eigenvalue weighted by molar-refractivity contribution is 5.11. The van der Waals surface area contributed by atoms with Gasteiger partial charge in [-0.05, 0) is 38.1 Å². The number of rotatable bonds is 3.